The van der Waals surface area contributed by atoms with Crippen molar-refractivity contribution in [3.63, 3.8) is 0 Å². The quantitative estimate of drug-likeness (QED) is 0.891. The summed E-state index contributed by atoms with van der Waals surface area (Å²) in [5, 5.41) is 0.0484. The van der Waals surface area contributed by atoms with Gasteiger partial charge in [0.05, 0.1) is 10.5 Å². The van der Waals surface area contributed by atoms with Crippen LogP contribution in [0.1, 0.15) is 20.8 Å². The molecule has 0 aliphatic heterocycles. The molecule has 0 fully saturated rings. The predicted octanol–water partition coefficient (Wildman–Crippen LogP) is 2.54. The number of anilines is 1. The molecule has 2 rings (SSSR count). The van der Waals surface area contributed by atoms with Crippen LogP contribution in [0.15, 0.2) is 23.1 Å². The van der Waals surface area contributed by atoms with E-state index in [2.05, 4.69) is 4.72 Å². The first-order valence-corrected chi connectivity index (χ1v) is 8.31. The standard InChI is InChI=1S/C13H12F2N2O3S2/c1-6-7(2)21-13(11(6)12(16)18)17-22(19,20)8-3-4-9(14)10(15)5-8/h3-5,17H,1-2H3,(H2,16,18). The van der Waals surface area contributed by atoms with Gasteiger partial charge in [-0.2, -0.15) is 0 Å². The molecule has 1 amide bonds. The van der Waals surface area contributed by atoms with Crippen molar-refractivity contribution in [1.29, 1.82) is 0 Å². The molecule has 0 saturated heterocycles. The van der Waals surface area contributed by atoms with Gasteiger partial charge in [-0.25, -0.2) is 17.2 Å². The molecule has 22 heavy (non-hydrogen) atoms. The smallest absolute Gasteiger partial charge is 0.262 e. The van der Waals surface area contributed by atoms with Gasteiger partial charge in [-0.1, -0.05) is 0 Å². The lowest BCUT2D eigenvalue weighted by molar-refractivity contribution is 0.100. The summed E-state index contributed by atoms with van der Waals surface area (Å²) in [6.45, 7) is 3.35. The lowest BCUT2D eigenvalue weighted by Crippen LogP contribution is -2.18. The Morgan fingerprint density at radius 3 is 2.41 bits per heavy atom. The summed E-state index contributed by atoms with van der Waals surface area (Å²) in [6, 6.07) is 2.21. The predicted molar refractivity (Wildman–Crippen MR) is 79.5 cm³/mol. The van der Waals surface area contributed by atoms with Crippen molar-refractivity contribution in [3.05, 3.63) is 45.8 Å². The molecule has 0 atom stereocenters. The van der Waals surface area contributed by atoms with Gasteiger partial charge in [-0.15, -0.1) is 11.3 Å². The zero-order valence-electron chi connectivity index (χ0n) is 11.6. The number of hydrogen-bond acceptors (Lipinski definition) is 4. The summed E-state index contributed by atoms with van der Waals surface area (Å²) in [4.78, 5) is 11.7. The molecule has 118 valence electrons. The summed E-state index contributed by atoms with van der Waals surface area (Å²) < 4.78 is 52.7. The minimum absolute atomic E-state index is 0.0484. The molecular formula is C13H12F2N2O3S2. The molecule has 0 radical (unpaired) electrons. The van der Waals surface area contributed by atoms with Crippen LogP contribution in [0.2, 0.25) is 0 Å². The van der Waals surface area contributed by atoms with E-state index in [1.807, 2.05) is 0 Å². The van der Waals surface area contributed by atoms with Gasteiger partial charge in [0.15, 0.2) is 11.6 Å². The number of carbonyl (C=O) groups is 1. The number of nitrogens with two attached hydrogens (primary N) is 1. The van der Waals surface area contributed by atoms with Gasteiger partial charge in [-0.3, -0.25) is 9.52 Å². The Hall–Kier alpha value is -2.00. The van der Waals surface area contributed by atoms with Crippen molar-refractivity contribution in [1.82, 2.24) is 0 Å². The molecule has 1 aromatic carbocycles. The average Bonchev–Trinajstić information content (AvgIpc) is 2.67. The third kappa shape index (κ3) is 2.95. The van der Waals surface area contributed by atoms with E-state index in [1.165, 1.54) is 0 Å². The van der Waals surface area contributed by atoms with Gasteiger partial charge in [0.1, 0.15) is 5.00 Å². The highest BCUT2D eigenvalue weighted by Gasteiger charge is 2.23. The number of carbonyl (C=O) groups excluding carboxylic acids is 1. The molecular weight excluding hydrogens is 334 g/mol. The molecule has 5 nitrogen and oxygen atoms in total. The van der Waals surface area contributed by atoms with Crippen molar-refractivity contribution in [2.24, 2.45) is 5.73 Å². The van der Waals surface area contributed by atoms with Gasteiger partial charge in [0.25, 0.3) is 15.9 Å². The molecule has 0 bridgehead atoms. The second-order valence-electron chi connectivity index (χ2n) is 4.53. The second kappa shape index (κ2) is 5.65. The number of primary amides is 1. The van der Waals surface area contributed by atoms with E-state index in [-0.39, 0.29) is 10.6 Å². The molecule has 0 aliphatic rings. The van der Waals surface area contributed by atoms with E-state index in [0.29, 0.717) is 17.7 Å². The molecule has 1 aromatic heterocycles. The molecule has 2 aromatic rings. The minimum atomic E-state index is -4.17. The van der Waals surface area contributed by atoms with E-state index in [4.69, 9.17) is 5.73 Å². The maximum Gasteiger partial charge on any atom is 0.262 e. The van der Waals surface area contributed by atoms with Crippen LogP contribution < -0.4 is 10.5 Å². The van der Waals surface area contributed by atoms with Gasteiger partial charge >= 0.3 is 0 Å². The Kier molecular flexibility index (Phi) is 4.21. The largest absolute Gasteiger partial charge is 0.365 e. The first-order chi connectivity index (χ1) is 10.1. The Morgan fingerprint density at radius 2 is 1.86 bits per heavy atom. The molecule has 0 saturated carbocycles. The third-order valence-electron chi connectivity index (χ3n) is 3.06. The number of nitrogens with one attached hydrogen (secondary N) is 1. The molecule has 3 N–H and O–H groups in total. The summed E-state index contributed by atoms with van der Waals surface area (Å²) in [6.07, 6.45) is 0. The maximum absolute atomic E-state index is 13.2. The highest BCUT2D eigenvalue weighted by atomic mass is 32.2. The Morgan fingerprint density at radius 1 is 1.23 bits per heavy atom. The summed E-state index contributed by atoms with van der Waals surface area (Å²) in [5.41, 5.74) is 5.89. The van der Waals surface area contributed by atoms with E-state index in [1.54, 1.807) is 13.8 Å². The van der Waals surface area contributed by atoms with Crippen LogP contribution in [0.4, 0.5) is 13.8 Å². The zero-order chi connectivity index (χ0) is 16.7. The van der Waals surface area contributed by atoms with Crippen molar-refractivity contribution < 1.29 is 22.0 Å². The maximum atomic E-state index is 13.2. The van der Waals surface area contributed by atoms with Crippen molar-refractivity contribution in [3.8, 4) is 0 Å². The summed E-state index contributed by atoms with van der Waals surface area (Å²) in [7, 11) is -4.17. The monoisotopic (exact) mass is 346 g/mol. The molecule has 1 heterocycles. The SMILES string of the molecule is Cc1sc(NS(=O)(=O)c2ccc(F)c(F)c2)c(C(N)=O)c1C. The zero-order valence-corrected chi connectivity index (χ0v) is 13.2. The highest BCUT2D eigenvalue weighted by Crippen LogP contribution is 2.33. The van der Waals surface area contributed by atoms with Crippen LogP contribution in [0.3, 0.4) is 0 Å². The van der Waals surface area contributed by atoms with Crippen molar-refractivity contribution >= 4 is 32.3 Å². The van der Waals surface area contributed by atoms with Crippen LogP contribution in [-0.4, -0.2) is 14.3 Å². The number of rotatable bonds is 4. The van der Waals surface area contributed by atoms with Crippen molar-refractivity contribution in [2.45, 2.75) is 18.7 Å². The Balaban J connectivity index is 2.47. The molecule has 0 spiro atoms. The average molecular weight is 346 g/mol. The topological polar surface area (TPSA) is 89.3 Å². The number of benzene rings is 1. The first-order valence-electron chi connectivity index (χ1n) is 6.01. The van der Waals surface area contributed by atoms with Gasteiger partial charge in [0.2, 0.25) is 0 Å². The number of halogens is 2. The van der Waals surface area contributed by atoms with Crippen molar-refractivity contribution in [2.75, 3.05) is 4.72 Å². The molecule has 9 heteroatoms. The van der Waals surface area contributed by atoms with E-state index < -0.39 is 32.5 Å². The number of hydrogen-bond donors (Lipinski definition) is 2. The minimum Gasteiger partial charge on any atom is -0.365 e. The van der Waals surface area contributed by atoms with Crippen LogP contribution >= 0.6 is 11.3 Å². The first kappa shape index (κ1) is 16.4. The van der Waals surface area contributed by atoms with E-state index in [9.17, 15) is 22.0 Å². The fourth-order valence-corrected chi connectivity index (χ4v) is 4.20. The fourth-order valence-electron chi connectivity index (χ4n) is 1.82. The molecule has 0 unspecified atom stereocenters. The summed E-state index contributed by atoms with van der Waals surface area (Å²) in [5.74, 6) is -3.21. The third-order valence-corrected chi connectivity index (χ3v) is 5.66. The number of thiophene rings is 1. The van der Waals surface area contributed by atoms with Crippen LogP contribution in [0.25, 0.3) is 0 Å². The van der Waals surface area contributed by atoms with Gasteiger partial charge in [0, 0.05) is 4.88 Å². The fraction of sp³-hybridized carbons (Fsp3) is 0.154. The number of aryl methyl sites for hydroxylation is 1. The van der Waals surface area contributed by atoms with Crippen LogP contribution in [0.5, 0.6) is 0 Å². The van der Waals surface area contributed by atoms with Crippen LogP contribution in [0, 0.1) is 25.5 Å². The number of sulfonamides is 1. The van der Waals surface area contributed by atoms with Crippen LogP contribution in [-0.2, 0) is 10.0 Å². The Bertz CT molecular complexity index is 860. The second-order valence-corrected chi connectivity index (χ2v) is 7.44. The molecule has 0 aliphatic carbocycles. The van der Waals surface area contributed by atoms with E-state index >= 15 is 0 Å². The number of amides is 1. The highest BCUT2D eigenvalue weighted by molar-refractivity contribution is 7.93. The Labute approximate surface area is 129 Å². The van der Waals surface area contributed by atoms with E-state index in [0.717, 1.165) is 22.3 Å². The summed E-state index contributed by atoms with van der Waals surface area (Å²) >= 11 is 1.04. The lowest BCUT2D eigenvalue weighted by atomic mass is 10.1. The lowest BCUT2D eigenvalue weighted by Gasteiger charge is -2.08. The normalized spacial score (nSPS) is 11.5. The van der Waals surface area contributed by atoms with Gasteiger partial charge < -0.3 is 5.73 Å². The van der Waals surface area contributed by atoms with Gasteiger partial charge in [-0.05, 0) is 37.6 Å².